The van der Waals surface area contributed by atoms with Crippen LogP contribution in [0.5, 0.6) is 5.88 Å². The van der Waals surface area contributed by atoms with E-state index < -0.39 is 0 Å². The minimum atomic E-state index is 0.0699. The molecule has 1 aliphatic heterocycles. The Balaban J connectivity index is 1.85. The van der Waals surface area contributed by atoms with Gasteiger partial charge in [0, 0.05) is 24.7 Å². The van der Waals surface area contributed by atoms with Crippen LogP contribution in [0.1, 0.15) is 23.7 Å². The third-order valence-corrected chi connectivity index (χ3v) is 3.79. The number of aryl methyl sites for hydroxylation is 1. The zero-order valence-corrected chi connectivity index (χ0v) is 11.8. The standard InChI is InChI=1S/C17H20N2O/c1-13-7-10-19-16(11-13)20-17(15-8-9-18-12-15)14-5-3-2-4-6-14/h2-7,10-11,15,17-18H,8-9,12H2,1H3/t15?,17-/m1/s1. The van der Waals surface area contributed by atoms with E-state index in [1.165, 1.54) is 11.1 Å². The summed E-state index contributed by atoms with van der Waals surface area (Å²) in [5.41, 5.74) is 2.40. The molecule has 1 aromatic carbocycles. The fraction of sp³-hybridized carbons (Fsp3) is 0.353. The van der Waals surface area contributed by atoms with Gasteiger partial charge in [-0.2, -0.15) is 0 Å². The molecular formula is C17H20N2O. The normalized spacial score (nSPS) is 19.8. The zero-order chi connectivity index (χ0) is 13.8. The van der Waals surface area contributed by atoms with Crippen molar-refractivity contribution in [3.05, 3.63) is 59.8 Å². The Hall–Kier alpha value is -1.87. The van der Waals surface area contributed by atoms with Crippen LogP contribution >= 0.6 is 0 Å². The number of hydrogen-bond donors (Lipinski definition) is 1. The first kappa shape index (κ1) is 13.1. The largest absolute Gasteiger partial charge is 0.469 e. The first-order valence-corrected chi connectivity index (χ1v) is 7.18. The molecule has 0 saturated carbocycles. The van der Waals surface area contributed by atoms with E-state index in [-0.39, 0.29) is 6.10 Å². The van der Waals surface area contributed by atoms with Gasteiger partial charge in [-0.25, -0.2) is 4.98 Å². The molecule has 2 atom stereocenters. The number of nitrogens with one attached hydrogen (secondary N) is 1. The Kier molecular flexibility index (Phi) is 3.97. The van der Waals surface area contributed by atoms with E-state index in [0.717, 1.165) is 19.5 Å². The number of pyridine rings is 1. The second-order valence-electron chi connectivity index (χ2n) is 5.37. The van der Waals surface area contributed by atoms with Crippen LogP contribution in [0.2, 0.25) is 0 Å². The van der Waals surface area contributed by atoms with E-state index in [1.807, 2.05) is 18.2 Å². The Morgan fingerprint density at radius 3 is 2.80 bits per heavy atom. The predicted molar refractivity (Wildman–Crippen MR) is 79.8 cm³/mol. The van der Waals surface area contributed by atoms with E-state index in [9.17, 15) is 0 Å². The minimum Gasteiger partial charge on any atom is -0.469 e. The number of nitrogens with zero attached hydrogens (tertiary/aromatic N) is 1. The minimum absolute atomic E-state index is 0.0699. The van der Waals surface area contributed by atoms with Crippen LogP contribution in [-0.2, 0) is 0 Å². The summed E-state index contributed by atoms with van der Waals surface area (Å²) in [6.07, 6.45) is 3.02. The van der Waals surface area contributed by atoms with Gasteiger partial charge in [0.25, 0.3) is 0 Å². The zero-order valence-electron chi connectivity index (χ0n) is 11.8. The molecule has 1 aliphatic rings. The highest BCUT2D eigenvalue weighted by atomic mass is 16.5. The number of rotatable bonds is 4. The Morgan fingerprint density at radius 2 is 2.10 bits per heavy atom. The maximum Gasteiger partial charge on any atom is 0.214 e. The van der Waals surface area contributed by atoms with Gasteiger partial charge in [-0.1, -0.05) is 30.3 Å². The fourth-order valence-corrected chi connectivity index (χ4v) is 2.72. The number of ether oxygens (including phenoxy) is 1. The lowest BCUT2D eigenvalue weighted by Crippen LogP contribution is -2.21. The Morgan fingerprint density at radius 1 is 1.25 bits per heavy atom. The third-order valence-electron chi connectivity index (χ3n) is 3.79. The SMILES string of the molecule is Cc1ccnc(O[C@H](c2ccccc2)C2CCNC2)c1. The number of hydrogen-bond acceptors (Lipinski definition) is 3. The molecule has 1 unspecified atom stereocenters. The van der Waals surface area contributed by atoms with Crippen LogP contribution in [0, 0.1) is 12.8 Å². The summed E-state index contributed by atoms with van der Waals surface area (Å²) in [6.45, 7) is 4.13. The van der Waals surface area contributed by atoms with Crippen LogP contribution in [0.25, 0.3) is 0 Å². The summed E-state index contributed by atoms with van der Waals surface area (Å²) in [6, 6.07) is 14.4. The maximum absolute atomic E-state index is 6.21. The van der Waals surface area contributed by atoms with Crippen molar-refractivity contribution in [1.29, 1.82) is 0 Å². The van der Waals surface area contributed by atoms with Gasteiger partial charge in [0.05, 0.1) is 0 Å². The first-order chi connectivity index (χ1) is 9.83. The molecular weight excluding hydrogens is 248 g/mol. The van der Waals surface area contributed by atoms with Gasteiger partial charge in [0.2, 0.25) is 5.88 Å². The summed E-state index contributed by atoms with van der Waals surface area (Å²) in [7, 11) is 0. The van der Waals surface area contributed by atoms with Crippen molar-refractivity contribution in [2.45, 2.75) is 19.4 Å². The van der Waals surface area contributed by atoms with E-state index in [2.05, 4.69) is 41.5 Å². The molecule has 1 fully saturated rings. The summed E-state index contributed by atoms with van der Waals surface area (Å²) in [5, 5.41) is 3.42. The molecule has 20 heavy (non-hydrogen) atoms. The van der Waals surface area contributed by atoms with E-state index in [0.29, 0.717) is 11.8 Å². The van der Waals surface area contributed by atoms with Crippen molar-refractivity contribution in [2.24, 2.45) is 5.92 Å². The molecule has 0 bridgehead atoms. The summed E-state index contributed by atoms with van der Waals surface area (Å²) < 4.78 is 6.21. The molecule has 1 N–H and O–H groups in total. The van der Waals surface area contributed by atoms with Gasteiger partial charge in [0.1, 0.15) is 6.10 Å². The van der Waals surface area contributed by atoms with Crippen molar-refractivity contribution in [1.82, 2.24) is 10.3 Å². The van der Waals surface area contributed by atoms with Crippen LogP contribution < -0.4 is 10.1 Å². The first-order valence-electron chi connectivity index (χ1n) is 7.18. The molecule has 1 aromatic heterocycles. The lowest BCUT2D eigenvalue weighted by molar-refractivity contribution is 0.138. The second-order valence-corrected chi connectivity index (χ2v) is 5.37. The van der Waals surface area contributed by atoms with Crippen LogP contribution in [0.3, 0.4) is 0 Å². The smallest absolute Gasteiger partial charge is 0.214 e. The molecule has 104 valence electrons. The van der Waals surface area contributed by atoms with Crippen molar-refractivity contribution in [3.63, 3.8) is 0 Å². The van der Waals surface area contributed by atoms with Gasteiger partial charge in [-0.3, -0.25) is 0 Å². The fourth-order valence-electron chi connectivity index (χ4n) is 2.72. The topological polar surface area (TPSA) is 34.1 Å². The lowest BCUT2D eigenvalue weighted by Gasteiger charge is -2.24. The monoisotopic (exact) mass is 268 g/mol. The Labute approximate surface area is 120 Å². The van der Waals surface area contributed by atoms with Gasteiger partial charge < -0.3 is 10.1 Å². The molecule has 0 radical (unpaired) electrons. The molecule has 0 spiro atoms. The predicted octanol–water partition coefficient (Wildman–Crippen LogP) is 3.12. The number of aromatic nitrogens is 1. The van der Waals surface area contributed by atoms with Crippen LogP contribution in [0.4, 0.5) is 0 Å². The molecule has 3 rings (SSSR count). The van der Waals surface area contributed by atoms with Crippen molar-refractivity contribution >= 4 is 0 Å². The van der Waals surface area contributed by atoms with Crippen LogP contribution in [0.15, 0.2) is 48.7 Å². The average Bonchev–Trinajstić information content (AvgIpc) is 3.00. The molecule has 2 heterocycles. The van der Waals surface area contributed by atoms with E-state index in [4.69, 9.17) is 4.74 Å². The molecule has 0 aliphatic carbocycles. The maximum atomic E-state index is 6.21. The molecule has 3 nitrogen and oxygen atoms in total. The summed E-state index contributed by atoms with van der Waals surface area (Å²) >= 11 is 0. The average molecular weight is 268 g/mol. The van der Waals surface area contributed by atoms with Gasteiger partial charge in [-0.05, 0) is 37.1 Å². The molecule has 2 aromatic rings. The number of benzene rings is 1. The molecule has 1 saturated heterocycles. The quantitative estimate of drug-likeness (QED) is 0.925. The van der Waals surface area contributed by atoms with Gasteiger partial charge in [0.15, 0.2) is 0 Å². The second kappa shape index (κ2) is 6.06. The van der Waals surface area contributed by atoms with Crippen molar-refractivity contribution in [3.8, 4) is 5.88 Å². The van der Waals surface area contributed by atoms with E-state index in [1.54, 1.807) is 6.20 Å². The third kappa shape index (κ3) is 2.99. The molecule has 0 amide bonds. The van der Waals surface area contributed by atoms with Crippen molar-refractivity contribution in [2.75, 3.05) is 13.1 Å². The summed E-state index contributed by atoms with van der Waals surface area (Å²) in [5.74, 6) is 1.21. The van der Waals surface area contributed by atoms with Crippen molar-refractivity contribution < 1.29 is 4.74 Å². The highest BCUT2D eigenvalue weighted by Crippen LogP contribution is 2.31. The lowest BCUT2D eigenvalue weighted by atomic mass is 9.95. The molecule has 3 heteroatoms. The van der Waals surface area contributed by atoms with Gasteiger partial charge >= 0.3 is 0 Å². The Bertz CT molecular complexity index is 550. The highest BCUT2D eigenvalue weighted by molar-refractivity contribution is 5.23. The summed E-state index contributed by atoms with van der Waals surface area (Å²) in [4.78, 5) is 4.33. The van der Waals surface area contributed by atoms with Gasteiger partial charge in [-0.15, -0.1) is 0 Å². The van der Waals surface area contributed by atoms with E-state index >= 15 is 0 Å². The highest BCUT2D eigenvalue weighted by Gasteiger charge is 2.28. The van der Waals surface area contributed by atoms with Crippen LogP contribution in [-0.4, -0.2) is 18.1 Å².